The largest absolute Gasteiger partial charge is 0.396 e. The first kappa shape index (κ1) is 14.3. The van der Waals surface area contributed by atoms with Crippen LogP contribution in [0.4, 0.5) is 0 Å². The van der Waals surface area contributed by atoms with E-state index < -0.39 is 0 Å². The van der Waals surface area contributed by atoms with Crippen molar-refractivity contribution in [2.24, 2.45) is 0 Å². The summed E-state index contributed by atoms with van der Waals surface area (Å²) in [7, 11) is 0. The highest BCUT2D eigenvalue weighted by molar-refractivity contribution is 7.99. The molecule has 1 aliphatic carbocycles. The van der Waals surface area contributed by atoms with Gasteiger partial charge in [0.2, 0.25) is 0 Å². The Hall–Kier alpha value is 0.270. The minimum atomic E-state index is 0.323. The second kappa shape index (κ2) is 8.37. The number of thioether (sulfide) groups is 1. The van der Waals surface area contributed by atoms with E-state index in [2.05, 4.69) is 30.9 Å². The molecule has 1 rings (SSSR count). The second-order valence-electron chi connectivity index (χ2n) is 4.82. The lowest BCUT2D eigenvalue weighted by atomic mass is 9.94. The van der Waals surface area contributed by atoms with Crippen molar-refractivity contribution in [2.45, 2.75) is 69.7 Å². The van der Waals surface area contributed by atoms with Crippen LogP contribution in [0.2, 0.25) is 0 Å². The SMILES string of the molecule is CCSC1CCCCC1NC(C)CCCO. The molecule has 16 heavy (non-hydrogen) atoms. The summed E-state index contributed by atoms with van der Waals surface area (Å²) in [6.45, 7) is 4.83. The Morgan fingerprint density at radius 2 is 2.12 bits per heavy atom. The van der Waals surface area contributed by atoms with Gasteiger partial charge in [-0.15, -0.1) is 0 Å². The zero-order valence-corrected chi connectivity index (χ0v) is 11.6. The van der Waals surface area contributed by atoms with E-state index >= 15 is 0 Å². The summed E-state index contributed by atoms with van der Waals surface area (Å²) in [6, 6.07) is 1.25. The number of aliphatic hydroxyl groups excluding tert-OH is 1. The summed E-state index contributed by atoms with van der Waals surface area (Å²) in [6.07, 6.45) is 7.51. The molecule has 0 aliphatic heterocycles. The Morgan fingerprint density at radius 1 is 1.38 bits per heavy atom. The van der Waals surface area contributed by atoms with Crippen molar-refractivity contribution < 1.29 is 5.11 Å². The predicted molar refractivity (Wildman–Crippen MR) is 73.1 cm³/mol. The second-order valence-corrected chi connectivity index (χ2v) is 6.33. The van der Waals surface area contributed by atoms with E-state index in [9.17, 15) is 0 Å². The molecule has 0 aromatic rings. The molecule has 0 amide bonds. The molecule has 0 aromatic heterocycles. The molecule has 1 fully saturated rings. The van der Waals surface area contributed by atoms with Crippen molar-refractivity contribution in [3.63, 3.8) is 0 Å². The molecule has 3 atom stereocenters. The maximum absolute atomic E-state index is 8.83. The zero-order valence-electron chi connectivity index (χ0n) is 10.7. The Labute approximate surface area is 105 Å². The van der Waals surface area contributed by atoms with E-state index in [0.717, 1.165) is 18.1 Å². The first-order valence-corrected chi connectivity index (χ1v) is 7.81. The van der Waals surface area contributed by atoms with Crippen LogP contribution in [0, 0.1) is 0 Å². The van der Waals surface area contributed by atoms with Crippen molar-refractivity contribution in [2.75, 3.05) is 12.4 Å². The standard InChI is InChI=1S/C13H27NOS/c1-3-16-13-9-5-4-8-12(13)14-11(2)7-6-10-15/h11-15H,3-10H2,1-2H3. The van der Waals surface area contributed by atoms with Gasteiger partial charge in [0, 0.05) is 23.9 Å². The quantitative estimate of drug-likeness (QED) is 0.723. The number of hydrogen-bond acceptors (Lipinski definition) is 3. The van der Waals surface area contributed by atoms with Gasteiger partial charge >= 0.3 is 0 Å². The Balaban J connectivity index is 2.30. The summed E-state index contributed by atoms with van der Waals surface area (Å²) in [5, 5.41) is 13.4. The number of aliphatic hydroxyl groups is 1. The van der Waals surface area contributed by atoms with Crippen LogP contribution in [-0.2, 0) is 0 Å². The lowest BCUT2D eigenvalue weighted by Crippen LogP contribution is -2.45. The third-order valence-electron chi connectivity index (χ3n) is 3.38. The van der Waals surface area contributed by atoms with Crippen molar-refractivity contribution in [3.05, 3.63) is 0 Å². The molecule has 3 heteroatoms. The van der Waals surface area contributed by atoms with Crippen molar-refractivity contribution in [1.29, 1.82) is 0 Å². The van der Waals surface area contributed by atoms with Crippen LogP contribution in [0.1, 0.15) is 52.4 Å². The summed E-state index contributed by atoms with van der Waals surface area (Å²) < 4.78 is 0. The summed E-state index contributed by atoms with van der Waals surface area (Å²) in [4.78, 5) is 0. The van der Waals surface area contributed by atoms with Crippen LogP contribution in [0.5, 0.6) is 0 Å². The predicted octanol–water partition coefficient (Wildman–Crippen LogP) is 2.80. The molecule has 1 saturated carbocycles. The fourth-order valence-electron chi connectivity index (χ4n) is 2.55. The molecule has 96 valence electrons. The molecular formula is C13H27NOS. The van der Waals surface area contributed by atoms with Gasteiger partial charge in [0.1, 0.15) is 0 Å². The highest BCUT2D eigenvalue weighted by atomic mass is 32.2. The first-order chi connectivity index (χ1) is 7.77. The summed E-state index contributed by atoms with van der Waals surface area (Å²) in [5.74, 6) is 1.23. The lowest BCUT2D eigenvalue weighted by molar-refractivity contribution is 0.268. The van der Waals surface area contributed by atoms with Crippen LogP contribution in [0.25, 0.3) is 0 Å². The summed E-state index contributed by atoms with van der Waals surface area (Å²) in [5.41, 5.74) is 0. The number of nitrogens with one attached hydrogen (secondary N) is 1. The fraction of sp³-hybridized carbons (Fsp3) is 1.00. The van der Waals surface area contributed by atoms with E-state index in [4.69, 9.17) is 5.11 Å². The molecule has 0 bridgehead atoms. The third kappa shape index (κ3) is 5.07. The maximum Gasteiger partial charge on any atom is 0.0431 e. The van der Waals surface area contributed by atoms with Gasteiger partial charge in [-0.1, -0.05) is 19.8 Å². The number of rotatable bonds is 7. The van der Waals surface area contributed by atoms with Crippen molar-refractivity contribution in [3.8, 4) is 0 Å². The lowest BCUT2D eigenvalue weighted by Gasteiger charge is -2.34. The minimum Gasteiger partial charge on any atom is -0.396 e. The van der Waals surface area contributed by atoms with Gasteiger partial charge in [-0.2, -0.15) is 11.8 Å². The maximum atomic E-state index is 8.83. The fourth-order valence-corrected chi connectivity index (χ4v) is 3.76. The van der Waals surface area contributed by atoms with Gasteiger partial charge < -0.3 is 10.4 Å². The van der Waals surface area contributed by atoms with Crippen molar-refractivity contribution >= 4 is 11.8 Å². The number of hydrogen-bond donors (Lipinski definition) is 2. The molecule has 1 aliphatic rings. The van der Waals surface area contributed by atoms with Gasteiger partial charge in [0.05, 0.1) is 0 Å². The molecule has 2 nitrogen and oxygen atoms in total. The Morgan fingerprint density at radius 3 is 2.81 bits per heavy atom. The Bertz CT molecular complexity index is 175. The van der Waals surface area contributed by atoms with E-state index in [0.29, 0.717) is 18.7 Å². The summed E-state index contributed by atoms with van der Waals surface area (Å²) >= 11 is 2.11. The van der Waals surface area contributed by atoms with Crippen LogP contribution in [-0.4, -0.2) is 34.8 Å². The monoisotopic (exact) mass is 245 g/mol. The van der Waals surface area contributed by atoms with E-state index in [1.807, 2.05) is 0 Å². The Kier molecular flexibility index (Phi) is 7.50. The average Bonchev–Trinajstić information content (AvgIpc) is 2.29. The highest BCUT2D eigenvalue weighted by Crippen LogP contribution is 2.29. The van der Waals surface area contributed by atoms with Gasteiger partial charge in [0.15, 0.2) is 0 Å². The van der Waals surface area contributed by atoms with Crippen LogP contribution in [0.15, 0.2) is 0 Å². The normalized spacial score (nSPS) is 27.9. The van der Waals surface area contributed by atoms with E-state index in [-0.39, 0.29) is 0 Å². The molecular weight excluding hydrogens is 218 g/mol. The van der Waals surface area contributed by atoms with Crippen LogP contribution in [0.3, 0.4) is 0 Å². The molecule has 0 heterocycles. The zero-order chi connectivity index (χ0) is 11.8. The van der Waals surface area contributed by atoms with Gasteiger partial charge in [0.25, 0.3) is 0 Å². The van der Waals surface area contributed by atoms with Crippen LogP contribution < -0.4 is 5.32 Å². The van der Waals surface area contributed by atoms with Crippen LogP contribution >= 0.6 is 11.8 Å². The van der Waals surface area contributed by atoms with Crippen molar-refractivity contribution in [1.82, 2.24) is 5.32 Å². The average molecular weight is 245 g/mol. The van der Waals surface area contributed by atoms with Gasteiger partial charge in [-0.25, -0.2) is 0 Å². The highest BCUT2D eigenvalue weighted by Gasteiger charge is 2.25. The minimum absolute atomic E-state index is 0.323. The molecule has 0 saturated heterocycles. The molecule has 0 radical (unpaired) electrons. The van der Waals surface area contributed by atoms with Gasteiger partial charge in [-0.3, -0.25) is 0 Å². The molecule has 3 unspecified atom stereocenters. The first-order valence-electron chi connectivity index (χ1n) is 6.76. The van der Waals surface area contributed by atoms with E-state index in [1.165, 1.54) is 31.4 Å². The molecule has 0 aromatic carbocycles. The van der Waals surface area contributed by atoms with Gasteiger partial charge in [-0.05, 0) is 38.4 Å². The molecule has 0 spiro atoms. The smallest absolute Gasteiger partial charge is 0.0431 e. The topological polar surface area (TPSA) is 32.3 Å². The third-order valence-corrected chi connectivity index (χ3v) is 4.70. The molecule has 2 N–H and O–H groups in total. The van der Waals surface area contributed by atoms with E-state index in [1.54, 1.807) is 0 Å².